The Hall–Kier alpha value is -0.910. The molecule has 0 aromatic heterocycles. The van der Waals surface area contributed by atoms with Gasteiger partial charge in [0, 0.05) is 36.3 Å². The van der Waals surface area contributed by atoms with Gasteiger partial charge in [0.05, 0.1) is 6.10 Å². The van der Waals surface area contributed by atoms with E-state index in [2.05, 4.69) is 33.1 Å². The molecule has 0 bridgehead atoms. The predicted octanol–water partition coefficient (Wildman–Crippen LogP) is 4.06. The van der Waals surface area contributed by atoms with Gasteiger partial charge in [0.1, 0.15) is 0 Å². The molecule has 1 aromatic rings. The minimum absolute atomic E-state index is 0.0637. The third-order valence-electron chi connectivity index (χ3n) is 4.04. The van der Waals surface area contributed by atoms with E-state index >= 15 is 0 Å². The molecule has 0 spiro atoms. The number of hydrogen-bond acceptors (Lipinski definition) is 3. The first-order valence-electron chi connectivity index (χ1n) is 8.56. The molecule has 0 aliphatic carbocycles. The lowest BCUT2D eigenvalue weighted by molar-refractivity contribution is -0.116. The molecule has 2 rings (SSSR count). The van der Waals surface area contributed by atoms with E-state index in [1.165, 1.54) is 12.8 Å². The van der Waals surface area contributed by atoms with E-state index in [9.17, 15) is 4.79 Å². The summed E-state index contributed by atoms with van der Waals surface area (Å²) in [6.07, 6.45) is 5.53. The molecule has 1 fully saturated rings. The lowest BCUT2D eigenvalue weighted by atomic mass is 10.1. The summed E-state index contributed by atoms with van der Waals surface area (Å²) in [7, 11) is 0. The molecule has 0 saturated carbocycles. The number of anilines is 1. The van der Waals surface area contributed by atoms with Crippen LogP contribution in [0.25, 0.3) is 0 Å². The number of carbonyl (C=O) groups excluding carboxylic acids is 1. The normalized spacial score (nSPS) is 18.1. The monoisotopic (exact) mass is 382 g/mol. The van der Waals surface area contributed by atoms with Crippen molar-refractivity contribution in [1.82, 2.24) is 4.90 Å². The molecule has 1 heterocycles. The molecule has 0 radical (unpaired) electrons. The third kappa shape index (κ3) is 7.02. The van der Waals surface area contributed by atoms with Crippen molar-refractivity contribution in [3.63, 3.8) is 0 Å². The van der Waals surface area contributed by atoms with Gasteiger partial charge in [-0.3, -0.25) is 4.79 Å². The van der Waals surface area contributed by atoms with Crippen molar-refractivity contribution in [2.45, 2.75) is 45.1 Å². The Labute approximate surface area is 147 Å². The summed E-state index contributed by atoms with van der Waals surface area (Å²) in [5, 5.41) is 2.96. The Balaban J connectivity index is 1.76. The second kappa shape index (κ2) is 10.1. The van der Waals surface area contributed by atoms with Gasteiger partial charge in [0.25, 0.3) is 0 Å². The van der Waals surface area contributed by atoms with Crippen molar-refractivity contribution in [2.24, 2.45) is 0 Å². The Morgan fingerprint density at radius 1 is 1.39 bits per heavy atom. The van der Waals surface area contributed by atoms with Gasteiger partial charge in [-0.1, -0.05) is 28.9 Å². The fourth-order valence-corrected chi connectivity index (χ4v) is 3.30. The number of rotatable bonds is 8. The SMILES string of the molecule is CCCN(CCC(=O)Nc1cccc(Br)c1)CC1CCCCO1. The molecular weight excluding hydrogens is 356 g/mol. The highest BCUT2D eigenvalue weighted by Crippen LogP contribution is 2.16. The average Bonchev–Trinajstić information content (AvgIpc) is 2.54. The van der Waals surface area contributed by atoms with Gasteiger partial charge in [-0.2, -0.15) is 0 Å². The predicted molar refractivity (Wildman–Crippen MR) is 97.7 cm³/mol. The maximum atomic E-state index is 12.1. The number of nitrogens with one attached hydrogen (secondary N) is 1. The van der Waals surface area contributed by atoms with Crippen LogP contribution in [0.5, 0.6) is 0 Å². The second-order valence-corrected chi connectivity index (χ2v) is 7.01. The standard InChI is InChI=1S/C18H27BrN2O2/c1-2-10-21(14-17-8-3-4-12-23-17)11-9-18(22)20-16-7-5-6-15(19)13-16/h5-7,13,17H,2-4,8-12,14H2,1H3,(H,20,22). The molecule has 4 nitrogen and oxygen atoms in total. The van der Waals surface area contributed by atoms with Crippen molar-refractivity contribution < 1.29 is 9.53 Å². The smallest absolute Gasteiger partial charge is 0.225 e. The highest BCUT2D eigenvalue weighted by molar-refractivity contribution is 9.10. The van der Waals surface area contributed by atoms with E-state index in [1.807, 2.05) is 24.3 Å². The quantitative estimate of drug-likeness (QED) is 0.736. The Bertz CT molecular complexity index is 490. The maximum Gasteiger partial charge on any atom is 0.225 e. The minimum atomic E-state index is 0.0637. The Morgan fingerprint density at radius 2 is 2.26 bits per heavy atom. The van der Waals surface area contributed by atoms with Crippen LogP contribution in [0.1, 0.15) is 39.0 Å². The summed E-state index contributed by atoms with van der Waals surface area (Å²) >= 11 is 3.42. The van der Waals surface area contributed by atoms with Crippen LogP contribution in [0.3, 0.4) is 0 Å². The zero-order valence-electron chi connectivity index (χ0n) is 13.9. The van der Waals surface area contributed by atoms with Crippen LogP contribution in [0.4, 0.5) is 5.69 Å². The summed E-state index contributed by atoms with van der Waals surface area (Å²) in [6, 6.07) is 7.69. The number of amides is 1. The maximum absolute atomic E-state index is 12.1. The zero-order chi connectivity index (χ0) is 16.5. The number of hydrogen-bond donors (Lipinski definition) is 1. The van der Waals surface area contributed by atoms with Gasteiger partial charge in [-0.05, 0) is 50.4 Å². The van der Waals surface area contributed by atoms with E-state index in [1.54, 1.807) is 0 Å². The molecule has 1 amide bonds. The summed E-state index contributed by atoms with van der Waals surface area (Å²) in [6.45, 7) is 5.81. The van der Waals surface area contributed by atoms with Crippen LogP contribution in [0.15, 0.2) is 28.7 Å². The van der Waals surface area contributed by atoms with E-state index in [4.69, 9.17) is 4.74 Å². The van der Waals surface area contributed by atoms with Gasteiger partial charge in [-0.15, -0.1) is 0 Å². The average molecular weight is 383 g/mol. The van der Waals surface area contributed by atoms with E-state index in [-0.39, 0.29) is 5.91 Å². The third-order valence-corrected chi connectivity index (χ3v) is 4.53. The molecule has 1 atom stereocenters. The van der Waals surface area contributed by atoms with Gasteiger partial charge in [0.15, 0.2) is 0 Å². The molecule has 128 valence electrons. The fourth-order valence-electron chi connectivity index (χ4n) is 2.90. The Morgan fingerprint density at radius 3 is 2.96 bits per heavy atom. The summed E-state index contributed by atoms with van der Waals surface area (Å²) < 4.78 is 6.79. The molecule has 1 saturated heterocycles. The molecule has 23 heavy (non-hydrogen) atoms. The van der Waals surface area contributed by atoms with Gasteiger partial charge < -0.3 is 15.0 Å². The van der Waals surface area contributed by atoms with Gasteiger partial charge in [0.2, 0.25) is 5.91 Å². The first-order chi connectivity index (χ1) is 11.2. The highest BCUT2D eigenvalue weighted by Gasteiger charge is 2.18. The summed E-state index contributed by atoms with van der Waals surface area (Å²) in [4.78, 5) is 14.5. The number of benzene rings is 1. The van der Waals surface area contributed by atoms with Crippen molar-refractivity contribution in [2.75, 3.05) is 31.6 Å². The minimum Gasteiger partial charge on any atom is -0.377 e. The van der Waals surface area contributed by atoms with E-state index < -0.39 is 0 Å². The van der Waals surface area contributed by atoms with Crippen LogP contribution in [-0.2, 0) is 9.53 Å². The van der Waals surface area contributed by atoms with Crippen LogP contribution in [0, 0.1) is 0 Å². The second-order valence-electron chi connectivity index (χ2n) is 6.10. The molecule has 1 aromatic carbocycles. The van der Waals surface area contributed by atoms with Crippen LogP contribution in [-0.4, -0.2) is 43.2 Å². The topological polar surface area (TPSA) is 41.6 Å². The van der Waals surface area contributed by atoms with Gasteiger partial charge in [-0.25, -0.2) is 0 Å². The van der Waals surface area contributed by atoms with Crippen LogP contribution in [0.2, 0.25) is 0 Å². The molecular formula is C18H27BrN2O2. The van der Waals surface area contributed by atoms with Gasteiger partial charge >= 0.3 is 0 Å². The molecule has 1 unspecified atom stereocenters. The first kappa shape index (κ1) is 18.4. The number of halogens is 1. The molecule has 5 heteroatoms. The number of nitrogens with zero attached hydrogens (tertiary/aromatic N) is 1. The fraction of sp³-hybridized carbons (Fsp3) is 0.611. The molecule has 1 aliphatic rings. The number of carbonyl (C=O) groups is 1. The van der Waals surface area contributed by atoms with Crippen molar-refractivity contribution in [3.05, 3.63) is 28.7 Å². The van der Waals surface area contributed by atoms with Crippen molar-refractivity contribution in [3.8, 4) is 0 Å². The lowest BCUT2D eigenvalue weighted by Crippen LogP contribution is -2.37. The summed E-state index contributed by atoms with van der Waals surface area (Å²) in [5.74, 6) is 0.0637. The zero-order valence-corrected chi connectivity index (χ0v) is 15.5. The molecule has 1 N–H and O–H groups in total. The number of ether oxygens (including phenoxy) is 1. The largest absolute Gasteiger partial charge is 0.377 e. The highest BCUT2D eigenvalue weighted by atomic mass is 79.9. The van der Waals surface area contributed by atoms with Crippen molar-refractivity contribution >= 4 is 27.5 Å². The van der Waals surface area contributed by atoms with E-state index in [0.29, 0.717) is 12.5 Å². The van der Waals surface area contributed by atoms with Crippen LogP contribution >= 0.6 is 15.9 Å². The lowest BCUT2D eigenvalue weighted by Gasteiger charge is -2.29. The van der Waals surface area contributed by atoms with Crippen molar-refractivity contribution in [1.29, 1.82) is 0 Å². The first-order valence-corrected chi connectivity index (χ1v) is 9.36. The summed E-state index contributed by atoms with van der Waals surface area (Å²) in [5.41, 5.74) is 0.835. The Kier molecular flexibility index (Phi) is 8.06. The van der Waals surface area contributed by atoms with Crippen LogP contribution < -0.4 is 5.32 Å². The molecule has 1 aliphatic heterocycles. The van der Waals surface area contributed by atoms with E-state index in [0.717, 1.165) is 49.2 Å².